The van der Waals surface area contributed by atoms with E-state index in [1.54, 1.807) is 12.1 Å². The van der Waals surface area contributed by atoms with Gasteiger partial charge in [-0.2, -0.15) is 13.2 Å². The van der Waals surface area contributed by atoms with Gasteiger partial charge in [0.05, 0.1) is 26.1 Å². The van der Waals surface area contributed by atoms with Gasteiger partial charge in [0.2, 0.25) is 5.91 Å². The molecule has 0 aliphatic rings. The SMILES string of the molecule is C=CC[C@@](CN(C)C(=O)CC(F)(F)F)(c1ccc(Cl)c(Cl)c1)C(NC(=O)O)c1cccc(Cl)c1Cl. The van der Waals surface area contributed by atoms with E-state index < -0.39 is 36.1 Å². The Balaban J connectivity index is 2.82. The highest BCUT2D eigenvalue weighted by molar-refractivity contribution is 6.42. The molecule has 35 heavy (non-hydrogen) atoms. The fourth-order valence-corrected chi connectivity index (χ4v) is 4.63. The summed E-state index contributed by atoms with van der Waals surface area (Å²) in [6.45, 7) is 3.38. The van der Waals surface area contributed by atoms with Crippen LogP contribution < -0.4 is 5.32 Å². The number of carboxylic acid groups (broad SMARTS) is 1. The van der Waals surface area contributed by atoms with Crippen LogP contribution in [-0.2, 0) is 10.2 Å². The third-order valence-electron chi connectivity index (χ3n) is 5.41. The molecule has 190 valence electrons. The van der Waals surface area contributed by atoms with Gasteiger partial charge in [-0.1, -0.05) is 70.7 Å². The molecule has 0 aliphatic heterocycles. The summed E-state index contributed by atoms with van der Waals surface area (Å²) in [6.07, 6.45) is -6.40. The van der Waals surface area contributed by atoms with Crippen molar-refractivity contribution in [3.05, 3.63) is 80.3 Å². The predicted molar refractivity (Wildman–Crippen MR) is 132 cm³/mol. The third-order valence-corrected chi connectivity index (χ3v) is 6.99. The number of nitrogens with zero attached hydrogens (tertiary/aromatic N) is 1. The van der Waals surface area contributed by atoms with Gasteiger partial charge < -0.3 is 15.3 Å². The smallest absolute Gasteiger partial charge is 0.405 e. The molecule has 5 nitrogen and oxygen atoms in total. The number of alkyl halides is 3. The van der Waals surface area contributed by atoms with E-state index in [9.17, 15) is 27.9 Å². The maximum atomic E-state index is 12.9. The maximum absolute atomic E-state index is 12.9. The summed E-state index contributed by atoms with van der Waals surface area (Å²) in [4.78, 5) is 25.2. The van der Waals surface area contributed by atoms with Crippen LogP contribution in [0.5, 0.6) is 0 Å². The van der Waals surface area contributed by atoms with E-state index in [1.807, 2.05) is 0 Å². The van der Waals surface area contributed by atoms with Crippen LogP contribution in [0, 0.1) is 0 Å². The minimum atomic E-state index is -4.73. The second kappa shape index (κ2) is 11.7. The first-order valence-corrected chi connectivity index (χ1v) is 11.5. The van der Waals surface area contributed by atoms with Gasteiger partial charge in [0, 0.05) is 19.0 Å². The number of carbonyl (C=O) groups is 2. The van der Waals surface area contributed by atoms with Crippen molar-refractivity contribution >= 4 is 58.4 Å². The van der Waals surface area contributed by atoms with Crippen LogP contribution in [0.3, 0.4) is 0 Å². The molecule has 0 radical (unpaired) electrons. The first-order valence-electron chi connectivity index (χ1n) is 10.0. The summed E-state index contributed by atoms with van der Waals surface area (Å²) < 4.78 is 38.8. The van der Waals surface area contributed by atoms with Crippen LogP contribution in [-0.4, -0.2) is 41.8 Å². The Hall–Kier alpha value is -2.13. The minimum Gasteiger partial charge on any atom is -0.465 e. The van der Waals surface area contributed by atoms with Crippen LogP contribution >= 0.6 is 46.4 Å². The summed E-state index contributed by atoms with van der Waals surface area (Å²) in [6, 6.07) is 7.86. The van der Waals surface area contributed by atoms with Crippen LogP contribution in [0.2, 0.25) is 20.1 Å². The Morgan fingerprint density at radius 2 is 1.77 bits per heavy atom. The number of allylic oxidation sites excluding steroid dienone is 1. The van der Waals surface area contributed by atoms with Crippen molar-refractivity contribution in [1.82, 2.24) is 10.2 Å². The van der Waals surface area contributed by atoms with Gasteiger partial charge in [-0.25, -0.2) is 4.79 Å². The lowest BCUT2D eigenvalue weighted by Crippen LogP contribution is -2.51. The maximum Gasteiger partial charge on any atom is 0.405 e. The molecule has 0 aromatic heterocycles. The molecule has 0 saturated heterocycles. The second-order valence-electron chi connectivity index (χ2n) is 7.85. The van der Waals surface area contributed by atoms with Crippen molar-refractivity contribution in [2.75, 3.05) is 13.6 Å². The molecule has 0 aliphatic carbocycles. The average molecular weight is 572 g/mol. The molecule has 0 saturated carbocycles. The van der Waals surface area contributed by atoms with Gasteiger partial charge >= 0.3 is 12.3 Å². The van der Waals surface area contributed by atoms with Crippen LogP contribution in [0.4, 0.5) is 18.0 Å². The molecular formula is C23H21Cl4F3N2O3. The summed E-state index contributed by atoms with van der Waals surface area (Å²) in [5, 5.41) is 12.6. The zero-order valence-electron chi connectivity index (χ0n) is 18.3. The van der Waals surface area contributed by atoms with Gasteiger partial charge in [0.1, 0.15) is 6.42 Å². The van der Waals surface area contributed by atoms with Gasteiger partial charge in [-0.3, -0.25) is 4.79 Å². The molecule has 2 aromatic carbocycles. The van der Waals surface area contributed by atoms with Gasteiger partial charge in [-0.05, 0) is 35.7 Å². The molecule has 2 aromatic rings. The normalized spacial score (nSPS) is 14.1. The molecule has 2 rings (SSSR count). The summed E-state index contributed by atoms with van der Waals surface area (Å²) >= 11 is 24.9. The Kier molecular flexibility index (Phi) is 9.76. The second-order valence-corrected chi connectivity index (χ2v) is 9.44. The Labute approximate surface area is 220 Å². The van der Waals surface area contributed by atoms with E-state index in [4.69, 9.17) is 46.4 Å². The molecule has 0 spiro atoms. The number of benzene rings is 2. The number of carbonyl (C=O) groups excluding carboxylic acids is 1. The lowest BCUT2D eigenvalue weighted by Gasteiger charge is -2.44. The Morgan fingerprint density at radius 1 is 1.11 bits per heavy atom. The first-order chi connectivity index (χ1) is 16.2. The number of nitrogens with one attached hydrogen (secondary N) is 1. The molecule has 2 amide bonds. The van der Waals surface area contributed by atoms with E-state index in [0.29, 0.717) is 5.56 Å². The molecule has 0 bridgehead atoms. The number of amides is 2. The number of halogens is 7. The first kappa shape index (κ1) is 29.1. The van der Waals surface area contributed by atoms with Crippen molar-refractivity contribution in [1.29, 1.82) is 0 Å². The monoisotopic (exact) mass is 570 g/mol. The van der Waals surface area contributed by atoms with Gasteiger partial charge in [-0.15, -0.1) is 6.58 Å². The van der Waals surface area contributed by atoms with E-state index in [-0.39, 0.29) is 38.6 Å². The quantitative estimate of drug-likeness (QED) is 0.305. The highest BCUT2D eigenvalue weighted by Crippen LogP contribution is 2.46. The number of rotatable bonds is 9. The molecule has 0 heterocycles. The topological polar surface area (TPSA) is 69.6 Å². The van der Waals surface area contributed by atoms with Crippen LogP contribution in [0.1, 0.15) is 30.0 Å². The summed E-state index contributed by atoms with van der Waals surface area (Å²) in [5.41, 5.74) is -0.794. The third kappa shape index (κ3) is 7.19. The van der Waals surface area contributed by atoms with E-state index >= 15 is 0 Å². The molecule has 2 atom stereocenters. The highest BCUT2D eigenvalue weighted by atomic mass is 35.5. The lowest BCUT2D eigenvalue weighted by molar-refractivity contribution is -0.161. The Morgan fingerprint density at radius 3 is 2.31 bits per heavy atom. The zero-order valence-corrected chi connectivity index (χ0v) is 21.3. The fourth-order valence-electron chi connectivity index (χ4n) is 3.91. The van der Waals surface area contributed by atoms with E-state index in [1.165, 1.54) is 37.4 Å². The molecular weight excluding hydrogens is 551 g/mol. The van der Waals surface area contributed by atoms with E-state index in [0.717, 1.165) is 4.90 Å². The van der Waals surface area contributed by atoms with Gasteiger partial charge in [0.25, 0.3) is 0 Å². The highest BCUT2D eigenvalue weighted by Gasteiger charge is 2.45. The predicted octanol–water partition coefficient (Wildman–Crippen LogP) is 7.53. The minimum absolute atomic E-state index is 0.00237. The van der Waals surface area contributed by atoms with Crippen molar-refractivity contribution in [2.45, 2.75) is 30.5 Å². The van der Waals surface area contributed by atoms with Crippen molar-refractivity contribution < 1.29 is 27.9 Å². The van der Waals surface area contributed by atoms with E-state index in [2.05, 4.69) is 11.9 Å². The lowest BCUT2D eigenvalue weighted by atomic mass is 9.68. The van der Waals surface area contributed by atoms with Crippen molar-refractivity contribution in [3.8, 4) is 0 Å². The summed E-state index contributed by atoms with van der Waals surface area (Å²) in [7, 11) is 1.20. The Bertz CT molecular complexity index is 1110. The zero-order chi connectivity index (χ0) is 26.6. The van der Waals surface area contributed by atoms with Crippen LogP contribution in [0.25, 0.3) is 0 Å². The average Bonchev–Trinajstić information content (AvgIpc) is 2.74. The van der Waals surface area contributed by atoms with Crippen LogP contribution in [0.15, 0.2) is 49.1 Å². The van der Waals surface area contributed by atoms with Gasteiger partial charge in [0.15, 0.2) is 0 Å². The van der Waals surface area contributed by atoms with Crippen molar-refractivity contribution in [3.63, 3.8) is 0 Å². The van der Waals surface area contributed by atoms with Crippen molar-refractivity contribution in [2.24, 2.45) is 0 Å². The summed E-state index contributed by atoms with van der Waals surface area (Å²) in [5.74, 6) is -1.21. The largest absolute Gasteiger partial charge is 0.465 e. The number of hydrogen-bond acceptors (Lipinski definition) is 2. The number of hydrogen-bond donors (Lipinski definition) is 2. The fraction of sp³-hybridized carbons (Fsp3) is 0.304. The molecule has 12 heteroatoms. The molecule has 1 unspecified atom stereocenters. The standard InChI is InChI=1S/C23H21Cl4F3N2O3/c1-3-9-22(13-7-8-15(24)17(26)10-13,12-32(2)18(33)11-23(28,29)30)20(31-21(34)35)14-5-4-6-16(25)19(14)27/h3-8,10,20,31H,1,9,11-12H2,2H3,(H,34,35)/t20?,22-/m1/s1. The molecule has 2 N–H and O–H groups in total. The number of likely N-dealkylation sites (N-methyl/N-ethyl adjacent to an activating group) is 1. The molecule has 0 fully saturated rings.